The zero-order valence-electron chi connectivity index (χ0n) is 11.9. The van der Waals surface area contributed by atoms with E-state index < -0.39 is 0 Å². The molecule has 0 aliphatic heterocycles. The maximum Gasteiger partial charge on any atom is 0.127 e. The minimum absolute atomic E-state index is 0.148. The lowest BCUT2D eigenvalue weighted by atomic mass is 9.91. The molecule has 1 N–H and O–H groups in total. The van der Waals surface area contributed by atoms with Gasteiger partial charge in [-0.2, -0.15) is 0 Å². The topological polar surface area (TPSA) is 12.0 Å². The summed E-state index contributed by atoms with van der Waals surface area (Å²) in [4.78, 5) is 0. The average molecular weight is 371 g/mol. The van der Waals surface area contributed by atoms with Crippen molar-refractivity contribution in [3.63, 3.8) is 0 Å². The molecule has 0 saturated carbocycles. The van der Waals surface area contributed by atoms with E-state index >= 15 is 0 Å². The highest BCUT2D eigenvalue weighted by atomic mass is 79.9. The quantitative estimate of drug-likeness (QED) is 0.739. The van der Waals surface area contributed by atoms with Crippen LogP contribution in [-0.4, -0.2) is 13.1 Å². The molecule has 112 valence electrons. The van der Waals surface area contributed by atoms with Crippen LogP contribution in [0.1, 0.15) is 24.0 Å². The highest BCUT2D eigenvalue weighted by molar-refractivity contribution is 9.10. The lowest BCUT2D eigenvalue weighted by Crippen LogP contribution is -2.23. The molecule has 2 aromatic carbocycles. The molecule has 1 nitrogen and oxygen atoms in total. The molecule has 0 aliphatic carbocycles. The molecule has 1 unspecified atom stereocenters. The monoisotopic (exact) mass is 369 g/mol. The molecule has 0 heterocycles. The first-order valence-corrected chi connectivity index (χ1v) is 8.18. The summed E-state index contributed by atoms with van der Waals surface area (Å²) >= 11 is 9.59. The van der Waals surface area contributed by atoms with Crippen LogP contribution in [0.2, 0.25) is 5.02 Å². The number of benzene rings is 2. The standard InChI is InChI=1S/C17H18BrClFN/c1-2-21-11-13(15-5-3-4-6-16(15)19)9-12-7-8-14(18)10-17(12)20/h3-8,10,13,21H,2,9,11H2,1H3. The summed E-state index contributed by atoms with van der Waals surface area (Å²) in [6, 6.07) is 13.0. The van der Waals surface area contributed by atoms with Crippen LogP contribution in [0.15, 0.2) is 46.9 Å². The van der Waals surface area contributed by atoms with E-state index in [1.54, 1.807) is 0 Å². The molecule has 0 amide bonds. The van der Waals surface area contributed by atoms with Crippen LogP contribution in [0.4, 0.5) is 4.39 Å². The summed E-state index contributed by atoms with van der Waals surface area (Å²) in [7, 11) is 0. The maximum absolute atomic E-state index is 14.1. The molecule has 0 aromatic heterocycles. The summed E-state index contributed by atoms with van der Waals surface area (Å²) in [6.07, 6.45) is 0.621. The van der Waals surface area contributed by atoms with Crippen LogP contribution in [0.5, 0.6) is 0 Å². The molecule has 0 aliphatic rings. The first-order valence-electron chi connectivity index (χ1n) is 7.01. The van der Waals surface area contributed by atoms with E-state index in [1.807, 2.05) is 36.4 Å². The molecule has 0 fully saturated rings. The Bertz CT molecular complexity index is 603. The predicted octanol–water partition coefficient (Wildman–Crippen LogP) is 5.18. The summed E-state index contributed by atoms with van der Waals surface area (Å²) < 4.78 is 14.8. The van der Waals surface area contributed by atoms with Gasteiger partial charge >= 0.3 is 0 Å². The number of rotatable bonds is 6. The van der Waals surface area contributed by atoms with Gasteiger partial charge in [-0.05, 0) is 42.3 Å². The second-order valence-electron chi connectivity index (χ2n) is 4.97. The third-order valence-corrected chi connectivity index (χ3v) is 4.30. The van der Waals surface area contributed by atoms with Crippen LogP contribution in [-0.2, 0) is 6.42 Å². The third kappa shape index (κ3) is 4.53. The molecule has 0 saturated heterocycles. The van der Waals surface area contributed by atoms with Crippen LogP contribution < -0.4 is 5.32 Å². The van der Waals surface area contributed by atoms with E-state index in [2.05, 4.69) is 28.2 Å². The van der Waals surface area contributed by atoms with Gasteiger partial charge in [0, 0.05) is 22.0 Å². The molecule has 0 spiro atoms. The molecule has 0 bridgehead atoms. The molecule has 2 aromatic rings. The number of likely N-dealkylation sites (N-methyl/N-ethyl adjacent to an activating group) is 1. The molecule has 21 heavy (non-hydrogen) atoms. The molecule has 4 heteroatoms. The van der Waals surface area contributed by atoms with E-state index in [0.717, 1.165) is 28.1 Å². The van der Waals surface area contributed by atoms with Crippen molar-refractivity contribution in [2.45, 2.75) is 19.3 Å². The number of halogens is 3. The molecular formula is C17H18BrClFN. The fourth-order valence-corrected chi connectivity index (χ4v) is 2.99. The Kier molecular flexibility index (Phi) is 6.22. The summed E-state index contributed by atoms with van der Waals surface area (Å²) in [5.74, 6) is -0.0350. The Morgan fingerprint density at radius 3 is 2.67 bits per heavy atom. The highest BCUT2D eigenvalue weighted by Gasteiger charge is 2.17. The first kappa shape index (κ1) is 16.5. The zero-order chi connectivity index (χ0) is 15.2. The minimum atomic E-state index is -0.182. The van der Waals surface area contributed by atoms with Crippen molar-refractivity contribution in [2.24, 2.45) is 0 Å². The van der Waals surface area contributed by atoms with Crippen molar-refractivity contribution in [1.82, 2.24) is 5.32 Å². The van der Waals surface area contributed by atoms with E-state index in [1.165, 1.54) is 6.07 Å². The number of nitrogens with one attached hydrogen (secondary N) is 1. The van der Waals surface area contributed by atoms with Gasteiger partial charge in [0.2, 0.25) is 0 Å². The second-order valence-corrected chi connectivity index (χ2v) is 6.29. The smallest absolute Gasteiger partial charge is 0.127 e. The second kappa shape index (κ2) is 7.92. The van der Waals surface area contributed by atoms with Gasteiger partial charge in [-0.25, -0.2) is 4.39 Å². The van der Waals surface area contributed by atoms with Crippen molar-refractivity contribution in [1.29, 1.82) is 0 Å². The van der Waals surface area contributed by atoms with E-state index in [0.29, 0.717) is 12.0 Å². The molecule has 1 atom stereocenters. The number of hydrogen-bond acceptors (Lipinski definition) is 1. The van der Waals surface area contributed by atoms with Crippen molar-refractivity contribution < 1.29 is 4.39 Å². The summed E-state index contributed by atoms with van der Waals surface area (Å²) in [5.41, 5.74) is 1.77. The molecule has 2 rings (SSSR count). The van der Waals surface area contributed by atoms with Gasteiger partial charge in [0.05, 0.1) is 0 Å². The Balaban J connectivity index is 2.26. The van der Waals surface area contributed by atoms with Crippen LogP contribution in [0.3, 0.4) is 0 Å². The van der Waals surface area contributed by atoms with Crippen molar-refractivity contribution >= 4 is 27.5 Å². The van der Waals surface area contributed by atoms with E-state index in [9.17, 15) is 4.39 Å². The molecule has 0 radical (unpaired) electrons. The summed E-state index contributed by atoms with van der Waals surface area (Å²) in [6.45, 7) is 3.71. The third-order valence-electron chi connectivity index (χ3n) is 3.47. The highest BCUT2D eigenvalue weighted by Crippen LogP contribution is 2.28. The Labute approximate surface area is 138 Å². The van der Waals surface area contributed by atoms with Gasteiger partial charge < -0.3 is 5.32 Å². The first-order chi connectivity index (χ1) is 10.1. The van der Waals surface area contributed by atoms with Crippen molar-refractivity contribution in [3.05, 3.63) is 68.9 Å². The van der Waals surface area contributed by atoms with Gasteiger partial charge in [0.15, 0.2) is 0 Å². The number of hydrogen-bond donors (Lipinski definition) is 1. The zero-order valence-corrected chi connectivity index (χ0v) is 14.2. The van der Waals surface area contributed by atoms with Gasteiger partial charge in [-0.3, -0.25) is 0 Å². The minimum Gasteiger partial charge on any atom is -0.316 e. The maximum atomic E-state index is 14.1. The van der Waals surface area contributed by atoms with Crippen LogP contribution >= 0.6 is 27.5 Å². The molecular weight excluding hydrogens is 353 g/mol. The lowest BCUT2D eigenvalue weighted by Gasteiger charge is -2.19. The van der Waals surface area contributed by atoms with E-state index in [4.69, 9.17) is 11.6 Å². The van der Waals surface area contributed by atoms with Crippen LogP contribution in [0, 0.1) is 5.82 Å². The van der Waals surface area contributed by atoms with Crippen molar-refractivity contribution in [3.8, 4) is 0 Å². The fourth-order valence-electron chi connectivity index (χ4n) is 2.37. The Hall–Kier alpha value is -0.900. The Morgan fingerprint density at radius 2 is 2.00 bits per heavy atom. The van der Waals surface area contributed by atoms with Crippen LogP contribution in [0.25, 0.3) is 0 Å². The fraction of sp³-hybridized carbons (Fsp3) is 0.294. The van der Waals surface area contributed by atoms with Crippen molar-refractivity contribution in [2.75, 3.05) is 13.1 Å². The SMILES string of the molecule is CCNCC(Cc1ccc(Br)cc1F)c1ccccc1Cl. The Morgan fingerprint density at radius 1 is 1.24 bits per heavy atom. The summed E-state index contributed by atoms with van der Waals surface area (Å²) in [5, 5.41) is 4.07. The predicted molar refractivity (Wildman–Crippen MR) is 90.5 cm³/mol. The lowest BCUT2D eigenvalue weighted by molar-refractivity contribution is 0.562. The largest absolute Gasteiger partial charge is 0.316 e. The normalized spacial score (nSPS) is 12.4. The van der Waals surface area contributed by atoms with Gasteiger partial charge in [-0.1, -0.05) is 58.7 Å². The van der Waals surface area contributed by atoms with Gasteiger partial charge in [-0.15, -0.1) is 0 Å². The van der Waals surface area contributed by atoms with Gasteiger partial charge in [0.25, 0.3) is 0 Å². The average Bonchev–Trinajstić information content (AvgIpc) is 2.46. The van der Waals surface area contributed by atoms with E-state index in [-0.39, 0.29) is 11.7 Å². The van der Waals surface area contributed by atoms with Gasteiger partial charge in [0.1, 0.15) is 5.82 Å².